The molecule has 0 saturated heterocycles. The van der Waals surface area contributed by atoms with Gasteiger partial charge in [-0.25, -0.2) is 18.0 Å². The van der Waals surface area contributed by atoms with Gasteiger partial charge in [0.25, 0.3) is 10.0 Å². The van der Waals surface area contributed by atoms with E-state index in [-0.39, 0.29) is 29.5 Å². The Bertz CT molecular complexity index is 1140. The van der Waals surface area contributed by atoms with Crippen molar-refractivity contribution in [1.82, 2.24) is 0 Å². The van der Waals surface area contributed by atoms with Crippen LogP contribution in [0.3, 0.4) is 0 Å². The van der Waals surface area contributed by atoms with Crippen molar-refractivity contribution in [2.75, 3.05) is 43.8 Å². The highest BCUT2D eigenvalue weighted by Crippen LogP contribution is 2.28. The summed E-state index contributed by atoms with van der Waals surface area (Å²) in [5.41, 5.74) is 0.783. The summed E-state index contributed by atoms with van der Waals surface area (Å²) in [4.78, 5) is 25.9. The predicted octanol–water partition coefficient (Wildman–Crippen LogP) is 2.28. The molecule has 0 amide bonds. The molecule has 1 N–H and O–H groups in total. The first-order chi connectivity index (χ1) is 15.8. The Balaban J connectivity index is 1.86. The molecule has 0 unspecified atom stereocenters. The van der Waals surface area contributed by atoms with Crippen LogP contribution in [0.5, 0.6) is 5.75 Å². The van der Waals surface area contributed by atoms with E-state index in [1.165, 1.54) is 43.4 Å². The normalized spacial score (nSPS) is 14.0. The van der Waals surface area contributed by atoms with Gasteiger partial charge in [0, 0.05) is 11.4 Å². The fourth-order valence-electron chi connectivity index (χ4n) is 3.15. The molecule has 2 aromatic carbocycles. The number of nitrogens with one attached hydrogen (secondary N) is 1. The summed E-state index contributed by atoms with van der Waals surface area (Å²) in [7, 11) is -1.48. The minimum absolute atomic E-state index is 0.00413. The number of carbonyl (C=O) groups excluding carboxylic acids is 2. The van der Waals surface area contributed by atoms with Crippen LogP contribution in [0.25, 0.3) is 0 Å². The number of anilines is 2. The Labute approximate surface area is 191 Å². The monoisotopic (exact) mass is 476 g/mol. The number of hydrogen-bond donors (Lipinski definition) is 1. The molecule has 0 aliphatic carbocycles. The van der Waals surface area contributed by atoms with Crippen LogP contribution >= 0.6 is 0 Å². The summed E-state index contributed by atoms with van der Waals surface area (Å²) in [6.07, 6.45) is 0. The van der Waals surface area contributed by atoms with Crippen molar-refractivity contribution in [2.45, 2.75) is 11.8 Å². The van der Waals surface area contributed by atoms with Crippen LogP contribution in [-0.2, 0) is 33.8 Å². The molecule has 3 rings (SSSR count). The second-order valence-electron chi connectivity index (χ2n) is 6.77. The third-order valence-electron chi connectivity index (χ3n) is 4.71. The van der Waals surface area contributed by atoms with Crippen LogP contribution in [0.2, 0.25) is 0 Å². The molecule has 11 heteroatoms. The molecule has 10 nitrogen and oxygen atoms in total. The van der Waals surface area contributed by atoms with E-state index in [1.54, 1.807) is 24.3 Å². The van der Waals surface area contributed by atoms with Crippen LogP contribution in [0.1, 0.15) is 6.92 Å². The van der Waals surface area contributed by atoms with E-state index in [9.17, 15) is 18.0 Å². The quantitative estimate of drug-likeness (QED) is 0.572. The van der Waals surface area contributed by atoms with E-state index in [1.807, 2.05) is 6.92 Å². The standard InChI is InChI=1S/C22H24N2O8S/c1-4-32-17-9-5-15(6-10-17)23-33(27,28)18-11-7-16(8-12-18)24-14-31-13-19(21(25)29-2)20(24)22(26)30-3/h5-12,23H,4,13-14H2,1-3H3. The molecular formula is C22H24N2O8S. The largest absolute Gasteiger partial charge is 0.494 e. The minimum atomic E-state index is -3.87. The SMILES string of the molecule is CCOc1ccc(NS(=O)(=O)c2ccc(N3COCC(C(=O)OC)=C3C(=O)OC)cc2)cc1. The van der Waals surface area contributed by atoms with Gasteiger partial charge in [0.2, 0.25) is 0 Å². The van der Waals surface area contributed by atoms with Gasteiger partial charge in [-0.1, -0.05) is 0 Å². The Morgan fingerprint density at radius 3 is 2.21 bits per heavy atom. The lowest BCUT2D eigenvalue weighted by molar-refractivity contribution is -0.140. The maximum atomic E-state index is 12.8. The van der Waals surface area contributed by atoms with Crippen LogP contribution < -0.4 is 14.4 Å². The molecular weight excluding hydrogens is 452 g/mol. The lowest BCUT2D eigenvalue weighted by Gasteiger charge is -2.31. The second kappa shape index (κ2) is 10.4. The topological polar surface area (TPSA) is 120 Å². The minimum Gasteiger partial charge on any atom is -0.494 e. The number of benzene rings is 2. The van der Waals surface area contributed by atoms with Gasteiger partial charge < -0.3 is 23.8 Å². The van der Waals surface area contributed by atoms with E-state index in [2.05, 4.69) is 4.72 Å². The Hall–Kier alpha value is -3.57. The van der Waals surface area contributed by atoms with Crippen molar-refractivity contribution in [3.8, 4) is 5.75 Å². The molecule has 0 saturated carbocycles. The van der Waals surface area contributed by atoms with Gasteiger partial charge in [-0.3, -0.25) is 4.72 Å². The summed E-state index contributed by atoms with van der Waals surface area (Å²) in [5.74, 6) is -0.833. The highest BCUT2D eigenvalue weighted by Gasteiger charge is 2.32. The molecule has 1 aliphatic heterocycles. The highest BCUT2D eigenvalue weighted by molar-refractivity contribution is 7.92. The number of carbonyl (C=O) groups is 2. The van der Waals surface area contributed by atoms with Gasteiger partial charge in [-0.05, 0) is 55.5 Å². The Morgan fingerprint density at radius 2 is 1.64 bits per heavy atom. The molecule has 0 bridgehead atoms. The van der Waals surface area contributed by atoms with Gasteiger partial charge in [0.1, 0.15) is 18.2 Å². The fraction of sp³-hybridized carbons (Fsp3) is 0.273. The zero-order valence-electron chi connectivity index (χ0n) is 18.4. The smallest absolute Gasteiger partial charge is 0.355 e. The maximum absolute atomic E-state index is 12.8. The number of esters is 2. The number of hydrogen-bond acceptors (Lipinski definition) is 9. The number of nitrogens with zero attached hydrogens (tertiary/aromatic N) is 1. The van der Waals surface area contributed by atoms with Crippen molar-refractivity contribution >= 4 is 33.3 Å². The second-order valence-corrected chi connectivity index (χ2v) is 8.46. The van der Waals surface area contributed by atoms with Crippen molar-refractivity contribution in [2.24, 2.45) is 0 Å². The first-order valence-corrected chi connectivity index (χ1v) is 11.4. The van der Waals surface area contributed by atoms with E-state index < -0.39 is 22.0 Å². The van der Waals surface area contributed by atoms with Crippen LogP contribution in [-0.4, -0.2) is 54.5 Å². The summed E-state index contributed by atoms with van der Waals surface area (Å²) in [5, 5.41) is 0. The van der Waals surface area contributed by atoms with E-state index in [0.717, 1.165) is 0 Å². The van der Waals surface area contributed by atoms with Crippen molar-refractivity contribution in [3.63, 3.8) is 0 Å². The number of methoxy groups -OCH3 is 2. The molecule has 0 aromatic heterocycles. The Morgan fingerprint density at radius 1 is 1.00 bits per heavy atom. The molecule has 0 atom stereocenters. The van der Waals surface area contributed by atoms with Crippen molar-refractivity contribution in [1.29, 1.82) is 0 Å². The van der Waals surface area contributed by atoms with Crippen LogP contribution in [0.15, 0.2) is 64.7 Å². The van der Waals surface area contributed by atoms with Gasteiger partial charge in [0.15, 0.2) is 0 Å². The van der Waals surface area contributed by atoms with Crippen molar-refractivity contribution < 1.29 is 37.0 Å². The molecule has 33 heavy (non-hydrogen) atoms. The first-order valence-electron chi connectivity index (χ1n) is 9.91. The molecule has 0 spiro atoms. The molecule has 1 heterocycles. The van der Waals surface area contributed by atoms with E-state index >= 15 is 0 Å². The maximum Gasteiger partial charge on any atom is 0.355 e. The van der Waals surface area contributed by atoms with Crippen LogP contribution in [0.4, 0.5) is 11.4 Å². The zero-order chi connectivity index (χ0) is 24.0. The summed E-state index contributed by atoms with van der Waals surface area (Å²) < 4.78 is 48.4. The first kappa shape index (κ1) is 24.1. The fourth-order valence-corrected chi connectivity index (χ4v) is 4.21. The zero-order valence-corrected chi connectivity index (χ0v) is 19.2. The molecule has 2 aromatic rings. The van der Waals surface area contributed by atoms with E-state index in [0.29, 0.717) is 23.7 Å². The molecule has 1 aliphatic rings. The third-order valence-corrected chi connectivity index (χ3v) is 6.11. The lowest BCUT2D eigenvalue weighted by atomic mass is 10.1. The molecule has 0 fully saturated rings. The third kappa shape index (κ3) is 5.44. The Kier molecular flexibility index (Phi) is 7.56. The average Bonchev–Trinajstić information content (AvgIpc) is 2.84. The summed E-state index contributed by atoms with van der Waals surface area (Å²) >= 11 is 0. The van der Waals surface area contributed by atoms with Gasteiger partial charge in [-0.15, -0.1) is 0 Å². The highest BCUT2D eigenvalue weighted by atomic mass is 32.2. The predicted molar refractivity (Wildman–Crippen MR) is 119 cm³/mol. The average molecular weight is 477 g/mol. The molecule has 176 valence electrons. The van der Waals surface area contributed by atoms with Gasteiger partial charge in [-0.2, -0.15) is 0 Å². The lowest BCUT2D eigenvalue weighted by Crippen LogP contribution is -2.38. The number of sulfonamides is 1. The molecule has 0 radical (unpaired) electrons. The van der Waals surface area contributed by atoms with E-state index in [4.69, 9.17) is 18.9 Å². The number of ether oxygens (including phenoxy) is 4. The van der Waals surface area contributed by atoms with Gasteiger partial charge >= 0.3 is 11.9 Å². The summed E-state index contributed by atoms with van der Waals surface area (Å²) in [6, 6.07) is 12.3. The number of rotatable bonds is 8. The van der Waals surface area contributed by atoms with Crippen LogP contribution in [0, 0.1) is 0 Å². The van der Waals surface area contributed by atoms with Crippen molar-refractivity contribution in [3.05, 3.63) is 59.8 Å². The summed E-state index contributed by atoms with van der Waals surface area (Å²) in [6.45, 7) is 2.21. The van der Waals surface area contributed by atoms with Gasteiger partial charge in [0.05, 0.1) is 37.9 Å².